The van der Waals surface area contributed by atoms with Crippen molar-refractivity contribution in [2.24, 2.45) is 11.7 Å². The van der Waals surface area contributed by atoms with Crippen LogP contribution in [0.15, 0.2) is 30.3 Å². The maximum absolute atomic E-state index is 12.0. The third-order valence-electron chi connectivity index (χ3n) is 3.35. The van der Waals surface area contributed by atoms with Crippen molar-refractivity contribution in [3.8, 4) is 0 Å². The van der Waals surface area contributed by atoms with Crippen LogP contribution in [0.1, 0.15) is 30.9 Å². The highest BCUT2D eigenvalue weighted by Crippen LogP contribution is 2.34. The summed E-state index contributed by atoms with van der Waals surface area (Å²) in [4.78, 5) is 22.8. The van der Waals surface area contributed by atoms with E-state index in [0.29, 0.717) is 0 Å². The van der Waals surface area contributed by atoms with Gasteiger partial charge in [0.15, 0.2) is 0 Å². The van der Waals surface area contributed by atoms with Gasteiger partial charge < -0.3 is 16.2 Å². The summed E-state index contributed by atoms with van der Waals surface area (Å²) in [6.07, 6.45) is 1.90. The SMILES string of the molecule is NC(C(=O)NC(CC(=O)O)C1CC1)c1ccccc1. The highest BCUT2D eigenvalue weighted by Gasteiger charge is 2.34. The third-order valence-corrected chi connectivity index (χ3v) is 3.35. The number of carbonyl (C=O) groups excluding carboxylic acids is 1. The second-order valence-corrected chi connectivity index (χ2v) is 4.94. The van der Waals surface area contributed by atoms with E-state index in [4.69, 9.17) is 10.8 Å². The first-order valence-corrected chi connectivity index (χ1v) is 6.40. The summed E-state index contributed by atoms with van der Waals surface area (Å²) >= 11 is 0. The van der Waals surface area contributed by atoms with E-state index in [2.05, 4.69) is 5.32 Å². The summed E-state index contributed by atoms with van der Waals surface area (Å²) < 4.78 is 0. The van der Waals surface area contributed by atoms with Gasteiger partial charge in [0.1, 0.15) is 6.04 Å². The number of carboxylic acids is 1. The van der Waals surface area contributed by atoms with E-state index in [0.717, 1.165) is 18.4 Å². The third kappa shape index (κ3) is 3.79. The number of nitrogens with one attached hydrogen (secondary N) is 1. The Morgan fingerprint density at radius 1 is 1.32 bits per heavy atom. The Morgan fingerprint density at radius 2 is 1.95 bits per heavy atom. The van der Waals surface area contributed by atoms with Crippen LogP contribution in [0.4, 0.5) is 0 Å². The first-order chi connectivity index (χ1) is 9.08. The molecule has 0 aliphatic heterocycles. The van der Waals surface area contributed by atoms with E-state index in [1.165, 1.54) is 0 Å². The molecular formula is C14H18N2O3. The Balaban J connectivity index is 1.97. The molecule has 102 valence electrons. The summed E-state index contributed by atoms with van der Waals surface area (Å²) in [5, 5.41) is 11.6. The fraction of sp³-hybridized carbons (Fsp3) is 0.429. The van der Waals surface area contributed by atoms with Gasteiger partial charge >= 0.3 is 5.97 Å². The highest BCUT2D eigenvalue weighted by molar-refractivity contribution is 5.83. The number of rotatable bonds is 6. The van der Waals surface area contributed by atoms with E-state index in [1.54, 1.807) is 12.1 Å². The number of carbonyl (C=O) groups is 2. The lowest BCUT2D eigenvalue weighted by Gasteiger charge is -2.19. The number of nitrogens with two attached hydrogens (primary N) is 1. The van der Waals surface area contributed by atoms with Crippen LogP contribution in [0.25, 0.3) is 0 Å². The van der Waals surface area contributed by atoms with Gasteiger partial charge in [-0.15, -0.1) is 0 Å². The largest absolute Gasteiger partial charge is 0.481 e. The van der Waals surface area contributed by atoms with Crippen LogP contribution in [0.3, 0.4) is 0 Å². The fourth-order valence-electron chi connectivity index (χ4n) is 2.11. The van der Waals surface area contributed by atoms with Gasteiger partial charge in [-0.05, 0) is 24.3 Å². The normalized spacial score (nSPS) is 17.5. The number of amides is 1. The molecule has 5 heteroatoms. The molecule has 1 fully saturated rings. The monoisotopic (exact) mass is 262 g/mol. The number of aliphatic carboxylic acids is 1. The van der Waals surface area contributed by atoms with Crippen molar-refractivity contribution in [3.05, 3.63) is 35.9 Å². The Bertz CT molecular complexity index is 457. The molecule has 5 nitrogen and oxygen atoms in total. The molecule has 0 spiro atoms. The van der Waals surface area contributed by atoms with Crippen molar-refractivity contribution in [1.82, 2.24) is 5.32 Å². The molecule has 19 heavy (non-hydrogen) atoms. The van der Waals surface area contributed by atoms with E-state index in [1.807, 2.05) is 18.2 Å². The molecule has 1 saturated carbocycles. The molecule has 1 aromatic rings. The molecule has 4 N–H and O–H groups in total. The average Bonchev–Trinajstić information content (AvgIpc) is 3.21. The first kappa shape index (κ1) is 13.5. The van der Waals surface area contributed by atoms with Crippen molar-refractivity contribution in [2.45, 2.75) is 31.3 Å². The molecule has 0 bridgehead atoms. The number of hydrogen-bond acceptors (Lipinski definition) is 3. The van der Waals surface area contributed by atoms with Crippen LogP contribution < -0.4 is 11.1 Å². The predicted octanol–water partition coefficient (Wildman–Crippen LogP) is 1.06. The van der Waals surface area contributed by atoms with E-state index in [-0.39, 0.29) is 24.3 Å². The molecule has 2 atom stereocenters. The van der Waals surface area contributed by atoms with Gasteiger partial charge in [0.25, 0.3) is 0 Å². The Hall–Kier alpha value is -1.88. The molecule has 0 saturated heterocycles. The van der Waals surface area contributed by atoms with Crippen molar-refractivity contribution in [1.29, 1.82) is 0 Å². The van der Waals surface area contributed by atoms with Gasteiger partial charge in [-0.1, -0.05) is 30.3 Å². The average molecular weight is 262 g/mol. The first-order valence-electron chi connectivity index (χ1n) is 6.40. The Kier molecular flexibility index (Phi) is 4.16. The lowest BCUT2D eigenvalue weighted by atomic mass is 10.0. The summed E-state index contributed by atoms with van der Waals surface area (Å²) in [5.74, 6) is -0.933. The second kappa shape index (κ2) is 5.84. The molecule has 1 aromatic carbocycles. The van der Waals surface area contributed by atoms with Crippen LogP contribution in [0, 0.1) is 5.92 Å². The Labute approximate surface area is 111 Å². The highest BCUT2D eigenvalue weighted by atomic mass is 16.4. The number of carboxylic acid groups (broad SMARTS) is 1. The number of hydrogen-bond donors (Lipinski definition) is 3. The molecule has 2 rings (SSSR count). The zero-order valence-corrected chi connectivity index (χ0v) is 10.6. The number of benzene rings is 1. The van der Waals surface area contributed by atoms with Gasteiger partial charge in [-0.2, -0.15) is 0 Å². The van der Waals surface area contributed by atoms with E-state index in [9.17, 15) is 9.59 Å². The van der Waals surface area contributed by atoms with Crippen LogP contribution in [0.5, 0.6) is 0 Å². The molecule has 0 radical (unpaired) electrons. The van der Waals surface area contributed by atoms with Crippen LogP contribution >= 0.6 is 0 Å². The van der Waals surface area contributed by atoms with Gasteiger partial charge in [-0.3, -0.25) is 9.59 Å². The quantitative estimate of drug-likeness (QED) is 0.714. The minimum atomic E-state index is -0.898. The second-order valence-electron chi connectivity index (χ2n) is 4.94. The van der Waals surface area contributed by atoms with E-state index >= 15 is 0 Å². The summed E-state index contributed by atoms with van der Waals surface area (Å²) in [5.41, 5.74) is 6.61. The molecule has 1 amide bonds. The Morgan fingerprint density at radius 3 is 2.47 bits per heavy atom. The van der Waals surface area contributed by atoms with E-state index < -0.39 is 12.0 Å². The molecule has 1 aliphatic carbocycles. The lowest BCUT2D eigenvalue weighted by molar-refractivity contribution is -0.138. The lowest BCUT2D eigenvalue weighted by Crippen LogP contribution is -2.43. The standard InChI is InChI=1S/C14H18N2O3/c15-13(10-4-2-1-3-5-10)14(19)16-11(8-12(17)18)9-6-7-9/h1-5,9,11,13H,6-8,15H2,(H,16,19)(H,17,18). The molecule has 2 unspecified atom stereocenters. The topological polar surface area (TPSA) is 92.4 Å². The smallest absolute Gasteiger partial charge is 0.305 e. The van der Waals surface area contributed by atoms with Crippen molar-refractivity contribution >= 4 is 11.9 Å². The molecule has 0 heterocycles. The minimum absolute atomic E-state index is 0.0437. The van der Waals surface area contributed by atoms with Gasteiger partial charge in [0, 0.05) is 6.04 Å². The van der Waals surface area contributed by atoms with Gasteiger partial charge in [0.2, 0.25) is 5.91 Å². The fourth-order valence-corrected chi connectivity index (χ4v) is 2.11. The minimum Gasteiger partial charge on any atom is -0.481 e. The van der Waals surface area contributed by atoms with Crippen molar-refractivity contribution < 1.29 is 14.7 Å². The molecule has 0 aromatic heterocycles. The van der Waals surface area contributed by atoms with Gasteiger partial charge in [-0.25, -0.2) is 0 Å². The maximum Gasteiger partial charge on any atom is 0.305 e. The maximum atomic E-state index is 12.0. The zero-order chi connectivity index (χ0) is 13.8. The zero-order valence-electron chi connectivity index (χ0n) is 10.6. The molecular weight excluding hydrogens is 244 g/mol. The van der Waals surface area contributed by atoms with Crippen LogP contribution in [-0.2, 0) is 9.59 Å². The molecule has 1 aliphatic rings. The van der Waals surface area contributed by atoms with Crippen molar-refractivity contribution in [3.63, 3.8) is 0 Å². The van der Waals surface area contributed by atoms with Crippen LogP contribution in [-0.4, -0.2) is 23.0 Å². The van der Waals surface area contributed by atoms with Crippen molar-refractivity contribution in [2.75, 3.05) is 0 Å². The van der Waals surface area contributed by atoms with Gasteiger partial charge in [0.05, 0.1) is 6.42 Å². The predicted molar refractivity (Wildman–Crippen MR) is 70.3 cm³/mol. The summed E-state index contributed by atoms with van der Waals surface area (Å²) in [6, 6.07) is 8.00. The summed E-state index contributed by atoms with van der Waals surface area (Å²) in [7, 11) is 0. The van der Waals surface area contributed by atoms with Crippen LogP contribution in [0.2, 0.25) is 0 Å². The summed E-state index contributed by atoms with van der Waals surface area (Å²) in [6.45, 7) is 0.